The molecule has 2 saturated carbocycles. The van der Waals surface area contributed by atoms with Crippen LogP contribution in [0.4, 0.5) is 19.0 Å². The molecule has 0 radical (unpaired) electrons. The molecule has 1 aliphatic heterocycles. The van der Waals surface area contributed by atoms with Crippen LogP contribution in [0, 0.1) is 11.8 Å². The van der Waals surface area contributed by atoms with Crippen molar-refractivity contribution in [2.75, 3.05) is 25.0 Å². The number of rotatable bonds is 8. The SMILES string of the molecule is C=CCn1nc(NCC(=O)NC2CN(C3CCC(C4CCCCC4)CC3)C2)c2cc(C(F)(F)F)ccc21. The van der Waals surface area contributed by atoms with Gasteiger partial charge in [-0.25, -0.2) is 0 Å². The lowest BCUT2D eigenvalue weighted by Gasteiger charge is -2.47. The molecule has 2 N–H and O–H groups in total. The average Bonchev–Trinajstić information content (AvgIpc) is 3.22. The molecule has 3 aliphatic rings. The van der Waals surface area contributed by atoms with Gasteiger partial charge < -0.3 is 10.6 Å². The molecule has 0 unspecified atom stereocenters. The Hall–Kier alpha value is -2.55. The molecule has 202 valence electrons. The number of benzene rings is 1. The number of aromatic nitrogens is 2. The number of hydrogen-bond donors (Lipinski definition) is 2. The quantitative estimate of drug-likeness (QED) is 0.448. The lowest BCUT2D eigenvalue weighted by molar-refractivity contribution is -0.137. The van der Waals surface area contributed by atoms with Gasteiger partial charge in [0.15, 0.2) is 5.82 Å². The third-order valence-corrected chi connectivity index (χ3v) is 8.65. The van der Waals surface area contributed by atoms with E-state index in [2.05, 4.69) is 27.2 Å². The number of fused-ring (bicyclic) bond motifs is 1. The number of carbonyl (C=O) groups is 1. The van der Waals surface area contributed by atoms with Crippen LogP contribution in [0.1, 0.15) is 63.4 Å². The van der Waals surface area contributed by atoms with E-state index in [4.69, 9.17) is 0 Å². The van der Waals surface area contributed by atoms with Gasteiger partial charge >= 0.3 is 6.18 Å². The van der Waals surface area contributed by atoms with Gasteiger partial charge in [0.1, 0.15) is 0 Å². The fourth-order valence-corrected chi connectivity index (χ4v) is 6.64. The Balaban J connectivity index is 1.09. The van der Waals surface area contributed by atoms with Crippen molar-refractivity contribution in [3.63, 3.8) is 0 Å². The largest absolute Gasteiger partial charge is 0.416 e. The van der Waals surface area contributed by atoms with Gasteiger partial charge in [0, 0.05) is 24.5 Å². The van der Waals surface area contributed by atoms with Gasteiger partial charge in [-0.1, -0.05) is 38.2 Å². The molecule has 5 rings (SSSR count). The lowest BCUT2D eigenvalue weighted by atomic mass is 9.72. The third-order valence-electron chi connectivity index (χ3n) is 8.65. The second kappa shape index (κ2) is 11.1. The summed E-state index contributed by atoms with van der Waals surface area (Å²) < 4.78 is 41.3. The molecule has 6 nitrogen and oxygen atoms in total. The molecule has 1 saturated heterocycles. The Kier molecular flexibility index (Phi) is 7.79. The molecular weight excluding hydrogens is 479 g/mol. The zero-order chi connectivity index (χ0) is 26.0. The minimum absolute atomic E-state index is 0.0422. The molecular formula is C28H38F3N5O. The molecule has 2 aliphatic carbocycles. The maximum Gasteiger partial charge on any atom is 0.416 e. The first-order chi connectivity index (χ1) is 17.8. The van der Waals surface area contributed by atoms with Crippen LogP contribution in [0.15, 0.2) is 30.9 Å². The van der Waals surface area contributed by atoms with Crippen molar-refractivity contribution in [2.45, 2.75) is 82.6 Å². The van der Waals surface area contributed by atoms with E-state index >= 15 is 0 Å². The molecule has 0 spiro atoms. The Morgan fingerprint density at radius 3 is 2.43 bits per heavy atom. The van der Waals surface area contributed by atoms with E-state index in [1.807, 2.05) is 0 Å². The van der Waals surface area contributed by atoms with E-state index in [9.17, 15) is 18.0 Å². The smallest absolute Gasteiger partial charge is 0.359 e. The van der Waals surface area contributed by atoms with Crippen LogP contribution in [-0.4, -0.2) is 52.3 Å². The number of nitrogens with one attached hydrogen (secondary N) is 2. The molecule has 3 fully saturated rings. The Bertz CT molecular complexity index is 1090. The van der Waals surface area contributed by atoms with Crippen molar-refractivity contribution in [3.05, 3.63) is 36.4 Å². The second-order valence-electron chi connectivity index (χ2n) is 11.1. The van der Waals surface area contributed by atoms with Gasteiger partial charge in [-0.2, -0.15) is 18.3 Å². The Labute approximate surface area is 216 Å². The van der Waals surface area contributed by atoms with Gasteiger partial charge in [0.2, 0.25) is 5.91 Å². The first kappa shape index (κ1) is 26.1. The highest BCUT2D eigenvalue weighted by Gasteiger charge is 2.37. The first-order valence-electron chi connectivity index (χ1n) is 13.8. The van der Waals surface area contributed by atoms with Gasteiger partial charge in [0.05, 0.1) is 30.2 Å². The number of nitrogens with zero attached hydrogens (tertiary/aromatic N) is 3. The van der Waals surface area contributed by atoms with Gasteiger partial charge in [-0.3, -0.25) is 14.4 Å². The standard InChI is InChI=1S/C28H38F3N5O/c1-2-14-36-25-13-10-21(28(29,30)31)15-24(25)27(34-36)32-16-26(37)33-22-17-35(18-22)23-11-8-20(9-12-23)19-6-4-3-5-7-19/h2,10,13,15,19-20,22-23H,1,3-9,11-12,14,16-18H2,(H,32,34)(H,33,37). The molecule has 0 atom stereocenters. The summed E-state index contributed by atoms with van der Waals surface area (Å²) in [5.41, 5.74) is -0.184. The van der Waals surface area contributed by atoms with Gasteiger partial charge in [-0.15, -0.1) is 6.58 Å². The highest BCUT2D eigenvalue weighted by atomic mass is 19.4. The normalized spacial score (nSPS) is 24.1. The minimum Gasteiger partial charge on any atom is -0.359 e. The molecule has 2 heterocycles. The number of carbonyl (C=O) groups excluding carboxylic acids is 1. The number of amides is 1. The lowest BCUT2D eigenvalue weighted by Crippen LogP contribution is -2.63. The van der Waals surface area contributed by atoms with Crippen LogP contribution >= 0.6 is 0 Å². The van der Waals surface area contributed by atoms with Crippen LogP contribution in [0.25, 0.3) is 10.9 Å². The highest BCUT2D eigenvalue weighted by molar-refractivity contribution is 5.92. The maximum atomic E-state index is 13.2. The molecule has 9 heteroatoms. The zero-order valence-corrected chi connectivity index (χ0v) is 21.4. The number of hydrogen-bond acceptors (Lipinski definition) is 4. The summed E-state index contributed by atoms with van der Waals surface area (Å²) in [4.78, 5) is 15.1. The van der Waals surface area contributed by atoms with E-state index in [-0.39, 0.29) is 24.3 Å². The highest BCUT2D eigenvalue weighted by Crippen LogP contribution is 2.40. The molecule has 2 aromatic rings. The summed E-state index contributed by atoms with van der Waals surface area (Å²) in [6, 6.07) is 4.29. The fourth-order valence-electron chi connectivity index (χ4n) is 6.64. The van der Waals surface area contributed by atoms with Crippen molar-refractivity contribution < 1.29 is 18.0 Å². The van der Waals surface area contributed by atoms with E-state index < -0.39 is 11.7 Å². The summed E-state index contributed by atoms with van der Waals surface area (Å²) >= 11 is 0. The molecule has 0 bridgehead atoms. The first-order valence-corrected chi connectivity index (χ1v) is 13.8. The van der Waals surface area contributed by atoms with E-state index in [1.165, 1.54) is 63.9 Å². The van der Waals surface area contributed by atoms with Crippen molar-refractivity contribution in [2.24, 2.45) is 11.8 Å². The number of allylic oxidation sites excluding steroid dienone is 1. The minimum atomic E-state index is -4.45. The number of likely N-dealkylation sites (tertiary alicyclic amines) is 1. The molecule has 1 aromatic carbocycles. The Morgan fingerprint density at radius 2 is 1.76 bits per heavy atom. The third kappa shape index (κ3) is 5.97. The predicted molar refractivity (Wildman–Crippen MR) is 139 cm³/mol. The maximum absolute atomic E-state index is 13.2. The van der Waals surface area contributed by atoms with Crippen LogP contribution < -0.4 is 10.6 Å². The van der Waals surface area contributed by atoms with E-state index in [0.717, 1.165) is 37.1 Å². The van der Waals surface area contributed by atoms with E-state index in [1.54, 1.807) is 10.8 Å². The summed E-state index contributed by atoms with van der Waals surface area (Å²) in [5.74, 6) is 1.95. The zero-order valence-electron chi connectivity index (χ0n) is 21.4. The van der Waals surface area contributed by atoms with Gasteiger partial charge in [-0.05, 0) is 55.7 Å². The van der Waals surface area contributed by atoms with Gasteiger partial charge in [0.25, 0.3) is 0 Å². The number of anilines is 1. The van der Waals surface area contributed by atoms with Crippen molar-refractivity contribution in [3.8, 4) is 0 Å². The van der Waals surface area contributed by atoms with Crippen LogP contribution in [0.5, 0.6) is 0 Å². The fraction of sp³-hybridized carbons (Fsp3) is 0.643. The van der Waals surface area contributed by atoms with Crippen LogP contribution in [0.2, 0.25) is 0 Å². The summed E-state index contributed by atoms with van der Waals surface area (Å²) in [6.07, 6.45) is 9.49. The van der Waals surface area contributed by atoms with Crippen molar-refractivity contribution in [1.82, 2.24) is 20.0 Å². The average molecular weight is 518 g/mol. The summed E-state index contributed by atoms with van der Waals surface area (Å²) in [7, 11) is 0. The molecule has 1 aromatic heterocycles. The second-order valence-corrected chi connectivity index (χ2v) is 11.1. The van der Waals surface area contributed by atoms with Crippen molar-refractivity contribution >= 4 is 22.6 Å². The summed E-state index contributed by atoms with van der Waals surface area (Å²) in [5, 5.41) is 10.7. The van der Waals surface area contributed by atoms with Crippen molar-refractivity contribution in [1.29, 1.82) is 0 Å². The predicted octanol–water partition coefficient (Wildman–Crippen LogP) is 5.59. The monoisotopic (exact) mass is 517 g/mol. The molecule has 1 amide bonds. The molecule has 37 heavy (non-hydrogen) atoms. The summed E-state index contributed by atoms with van der Waals surface area (Å²) in [6.45, 7) is 5.74. The van der Waals surface area contributed by atoms with Crippen LogP contribution in [0.3, 0.4) is 0 Å². The number of alkyl halides is 3. The Morgan fingerprint density at radius 1 is 1.05 bits per heavy atom. The van der Waals surface area contributed by atoms with E-state index in [0.29, 0.717) is 23.5 Å². The number of halogens is 3. The van der Waals surface area contributed by atoms with Crippen LogP contribution in [-0.2, 0) is 17.5 Å². The topological polar surface area (TPSA) is 62.2 Å².